The molecule has 1 aliphatic rings. The second-order valence-corrected chi connectivity index (χ2v) is 5.31. The maximum Gasteiger partial charge on any atom is 0.131 e. The Labute approximate surface area is 120 Å². The molecule has 20 heavy (non-hydrogen) atoms. The maximum atomic E-state index is 13.9. The average Bonchev–Trinajstić information content (AvgIpc) is 2.47. The summed E-state index contributed by atoms with van der Waals surface area (Å²) < 4.78 is 24.9. The van der Waals surface area contributed by atoms with Crippen LogP contribution in [0.25, 0.3) is 0 Å². The maximum absolute atomic E-state index is 13.9. The van der Waals surface area contributed by atoms with Crippen LogP contribution in [0.4, 0.5) is 4.39 Å². The van der Waals surface area contributed by atoms with Gasteiger partial charge in [0.25, 0.3) is 0 Å². The van der Waals surface area contributed by atoms with E-state index in [-0.39, 0.29) is 11.9 Å². The van der Waals surface area contributed by atoms with Crippen LogP contribution in [-0.2, 0) is 4.74 Å². The van der Waals surface area contributed by atoms with Crippen molar-refractivity contribution in [3.05, 3.63) is 29.6 Å². The number of nitrogens with one attached hydrogen (secondary N) is 1. The molecule has 1 aliphatic heterocycles. The first kappa shape index (κ1) is 15.3. The van der Waals surface area contributed by atoms with Crippen molar-refractivity contribution in [3.8, 4) is 5.75 Å². The molecule has 4 heteroatoms. The molecule has 0 radical (unpaired) electrons. The molecule has 0 spiro atoms. The van der Waals surface area contributed by atoms with Gasteiger partial charge in [-0.25, -0.2) is 4.39 Å². The summed E-state index contributed by atoms with van der Waals surface area (Å²) in [5.74, 6) is 0.372. The van der Waals surface area contributed by atoms with Gasteiger partial charge in [-0.1, -0.05) is 6.07 Å². The molecular weight excluding hydrogens is 257 g/mol. The van der Waals surface area contributed by atoms with E-state index in [1.807, 2.05) is 6.92 Å². The van der Waals surface area contributed by atoms with Crippen LogP contribution >= 0.6 is 0 Å². The number of ether oxygens (including phenoxy) is 2. The smallest absolute Gasteiger partial charge is 0.131 e. The van der Waals surface area contributed by atoms with Crippen LogP contribution in [0.3, 0.4) is 0 Å². The Balaban J connectivity index is 1.86. The van der Waals surface area contributed by atoms with Gasteiger partial charge in [0.2, 0.25) is 0 Å². The number of hydrogen-bond donors (Lipinski definition) is 1. The molecule has 3 nitrogen and oxygen atoms in total. The second-order valence-electron chi connectivity index (χ2n) is 5.31. The standard InChI is InChI=1S/C16H24FNO2/c1-12(16-14(17)7-5-8-15(16)19-2)18-10-9-13-6-3-4-11-20-13/h5,7-8,12-13,18H,3-4,6,9-11H2,1-2H3. The molecule has 1 aromatic rings. The minimum Gasteiger partial charge on any atom is -0.496 e. The molecule has 0 amide bonds. The van der Waals surface area contributed by atoms with E-state index in [4.69, 9.17) is 9.47 Å². The van der Waals surface area contributed by atoms with Crippen LogP contribution in [0, 0.1) is 5.82 Å². The lowest BCUT2D eigenvalue weighted by molar-refractivity contribution is 0.0112. The van der Waals surface area contributed by atoms with E-state index in [0.717, 1.165) is 26.0 Å². The first-order valence-corrected chi connectivity index (χ1v) is 7.39. The van der Waals surface area contributed by atoms with E-state index in [1.165, 1.54) is 18.9 Å². The van der Waals surface area contributed by atoms with Gasteiger partial charge in [-0.3, -0.25) is 0 Å². The van der Waals surface area contributed by atoms with Crippen molar-refractivity contribution in [2.24, 2.45) is 0 Å². The van der Waals surface area contributed by atoms with Gasteiger partial charge >= 0.3 is 0 Å². The monoisotopic (exact) mass is 281 g/mol. The molecule has 1 aromatic carbocycles. The van der Waals surface area contributed by atoms with Crippen LogP contribution in [0.5, 0.6) is 5.75 Å². The minimum absolute atomic E-state index is 0.0743. The molecule has 0 bridgehead atoms. The van der Waals surface area contributed by atoms with Crippen molar-refractivity contribution >= 4 is 0 Å². The Morgan fingerprint density at radius 2 is 2.30 bits per heavy atom. The van der Waals surface area contributed by atoms with Crippen LogP contribution in [-0.4, -0.2) is 26.4 Å². The Kier molecular flexibility index (Phi) is 5.80. The Hall–Kier alpha value is -1.13. The Morgan fingerprint density at radius 3 is 3.00 bits per heavy atom. The van der Waals surface area contributed by atoms with Gasteiger partial charge < -0.3 is 14.8 Å². The first-order chi connectivity index (χ1) is 9.72. The quantitative estimate of drug-likeness (QED) is 0.866. The normalized spacial score (nSPS) is 20.6. The predicted molar refractivity (Wildman–Crippen MR) is 77.6 cm³/mol. The summed E-state index contributed by atoms with van der Waals surface area (Å²) in [5, 5.41) is 3.36. The molecule has 2 unspecified atom stereocenters. The molecular formula is C16H24FNO2. The predicted octanol–water partition coefficient (Wildman–Crippen LogP) is 3.44. The molecule has 0 aliphatic carbocycles. The Morgan fingerprint density at radius 1 is 1.45 bits per heavy atom. The third-order valence-corrected chi connectivity index (χ3v) is 3.86. The third kappa shape index (κ3) is 3.93. The van der Waals surface area contributed by atoms with Gasteiger partial charge in [0.1, 0.15) is 11.6 Å². The van der Waals surface area contributed by atoms with Gasteiger partial charge in [0, 0.05) is 18.2 Å². The van der Waals surface area contributed by atoms with Crippen LogP contribution in [0.15, 0.2) is 18.2 Å². The fourth-order valence-electron chi connectivity index (χ4n) is 2.71. The molecule has 0 saturated carbocycles. The van der Waals surface area contributed by atoms with Crippen molar-refractivity contribution in [3.63, 3.8) is 0 Å². The van der Waals surface area contributed by atoms with Crippen molar-refractivity contribution in [1.29, 1.82) is 0 Å². The molecule has 112 valence electrons. The second kappa shape index (κ2) is 7.60. The van der Waals surface area contributed by atoms with Crippen molar-refractivity contribution in [2.45, 2.75) is 44.8 Å². The summed E-state index contributed by atoms with van der Waals surface area (Å²) in [6.07, 6.45) is 4.89. The van der Waals surface area contributed by atoms with Crippen molar-refractivity contribution < 1.29 is 13.9 Å². The highest BCUT2D eigenvalue weighted by molar-refractivity contribution is 5.36. The zero-order valence-electron chi connectivity index (χ0n) is 12.3. The number of benzene rings is 1. The van der Waals surface area contributed by atoms with E-state index in [2.05, 4.69) is 5.32 Å². The van der Waals surface area contributed by atoms with Crippen LogP contribution in [0.2, 0.25) is 0 Å². The van der Waals surface area contributed by atoms with Gasteiger partial charge in [-0.15, -0.1) is 0 Å². The van der Waals surface area contributed by atoms with E-state index in [1.54, 1.807) is 19.2 Å². The van der Waals surface area contributed by atoms with Gasteiger partial charge in [-0.05, 0) is 51.3 Å². The minimum atomic E-state index is -0.224. The average molecular weight is 281 g/mol. The number of halogens is 1. The summed E-state index contributed by atoms with van der Waals surface area (Å²) >= 11 is 0. The summed E-state index contributed by atoms with van der Waals surface area (Å²) in [5.41, 5.74) is 0.597. The van der Waals surface area contributed by atoms with Gasteiger partial charge in [-0.2, -0.15) is 0 Å². The molecule has 1 N–H and O–H groups in total. The highest BCUT2D eigenvalue weighted by Gasteiger charge is 2.17. The van der Waals surface area contributed by atoms with Crippen molar-refractivity contribution in [1.82, 2.24) is 5.32 Å². The van der Waals surface area contributed by atoms with Gasteiger partial charge in [0.15, 0.2) is 0 Å². The fraction of sp³-hybridized carbons (Fsp3) is 0.625. The molecule has 0 aromatic heterocycles. The molecule has 2 atom stereocenters. The summed E-state index contributed by atoms with van der Waals surface area (Å²) in [4.78, 5) is 0. The largest absolute Gasteiger partial charge is 0.496 e. The number of rotatable bonds is 6. The molecule has 2 rings (SSSR count). The fourth-order valence-corrected chi connectivity index (χ4v) is 2.71. The zero-order valence-corrected chi connectivity index (χ0v) is 12.3. The Bertz CT molecular complexity index is 419. The summed E-state index contributed by atoms with van der Waals surface area (Å²) in [6.45, 7) is 3.66. The zero-order chi connectivity index (χ0) is 14.4. The lowest BCUT2D eigenvalue weighted by Gasteiger charge is -2.24. The molecule has 1 heterocycles. The lowest BCUT2D eigenvalue weighted by atomic mass is 10.0. The van der Waals surface area contributed by atoms with E-state index in [9.17, 15) is 4.39 Å². The number of methoxy groups -OCH3 is 1. The molecule has 1 saturated heterocycles. The number of hydrogen-bond acceptors (Lipinski definition) is 3. The highest BCUT2D eigenvalue weighted by Crippen LogP contribution is 2.27. The lowest BCUT2D eigenvalue weighted by Crippen LogP contribution is -2.27. The highest BCUT2D eigenvalue weighted by atomic mass is 19.1. The van der Waals surface area contributed by atoms with Crippen LogP contribution < -0.4 is 10.1 Å². The van der Waals surface area contributed by atoms with Crippen LogP contribution in [0.1, 0.15) is 44.2 Å². The first-order valence-electron chi connectivity index (χ1n) is 7.39. The van der Waals surface area contributed by atoms with E-state index in [0.29, 0.717) is 17.4 Å². The van der Waals surface area contributed by atoms with E-state index < -0.39 is 0 Å². The SMILES string of the molecule is COc1cccc(F)c1C(C)NCCC1CCCCO1. The van der Waals surface area contributed by atoms with E-state index >= 15 is 0 Å². The summed E-state index contributed by atoms with van der Waals surface area (Å²) in [7, 11) is 1.57. The summed E-state index contributed by atoms with van der Waals surface area (Å²) in [6, 6.07) is 4.86. The topological polar surface area (TPSA) is 30.5 Å². The van der Waals surface area contributed by atoms with Gasteiger partial charge in [0.05, 0.1) is 13.2 Å². The molecule has 1 fully saturated rings. The van der Waals surface area contributed by atoms with Crippen molar-refractivity contribution in [2.75, 3.05) is 20.3 Å². The third-order valence-electron chi connectivity index (χ3n) is 3.86.